The summed E-state index contributed by atoms with van der Waals surface area (Å²) in [5.41, 5.74) is 3.87. The third kappa shape index (κ3) is 24.6. The molecule has 1 atom stereocenters. The molecule has 0 radical (unpaired) electrons. The van der Waals surface area contributed by atoms with Gasteiger partial charge in [0, 0.05) is 71.9 Å². The molecule has 0 aliphatic carbocycles. The normalized spacial score (nSPS) is 15.3. The van der Waals surface area contributed by atoms with Gasteiger partial charge in [-0.15, -0.1) is 0 Å². The number of hydrogen-bond acceptors (Lipinski definition) is 10. The molecule has 6 N–H and O–H groups in total. The van der Waals surface area contributed by atoms with E-state index in [0.717, 1.165) is 19.3 Å². The summed E-state index contributed by atoms with van der Waals surface area (Å²) in [6, 6.07) is 19.0. The van der Waals surface area contributed by atoms with Gasteiger partial charge in [-0.1, -0.05) is 80.4 Å². The number of carbonyl (C=O) groups is 6. The minimum absolute atomic E-state index is 0.00165. The highest BCUT2D eigenvalue weighted by atomic mass is 16.4. The molecule has 3 rings (SSSR count). The number of benzene rings is 2. The number of hydrogen-bond donors (Lipinski definition) is 6. The first kappa shape index (κ1) is 50.2. The third-order valence-corrected chi connectivity index (χ3v) is 10.0. The van der Waals surface area contributed by atoms with E-state index in [-0.39, 0.29) is 83.8 Å². The van der Waals surface area contributed by atoms with Gasteiger partial charge >= 0.3 is 17.9 Å². The van der Waals surface area contributed by atoms with Crippen molar-refractivity contribution in [3.8, 4) is 11.1 Å². The second-order valence-electron chi connectivity index (χ2n) is 15.1. The van der Waals surface area contributed by atoms with Crippen molar-refractivity contribution < 1.29 is 44.1 Å². The number of unbranched alkanes of at least 4 members (excludes halogenated alkanes) is 1. The Labute approximate surface area is 349 Å². The molecule has 16 nitrogen and oxygen atoms in total. The summed E-state index contributed by atoms with van der Waals surface area (Å²) >= 11 is 0. The van der Waals surface area contributed by atoms with Gasteiger partial charge in [-0.2, -0.15) is 0 Å². The second kappa shape index (κ2) is 29.3. The molecule has 0 spiro atoms. The van der Waals surface area contributed by atoms with Crippen LogP contribution in [0.5, 0.6) is 0 Å². The van der Waals surface area contributed by atoms with Gasteiger partial charge in [0.1, 0.15) is 0 Å². The van der Waals surface area contributed by atoms with Gasteiger partial charge in [0.15, 0.2) is 0 Å². The zero-order valence-electron chi connectivity index (χ0n) is 35.2. The van der Waals surface area contributed by atoms with Crippen LogP contribution in [0.3, 0.4) is 0 Å². The van der Waals surface area contributed by atoms with Crippen LogP contribution in [0.25, 0.3) is 11.1 Å². The maximum absolute atomic E-state index is 12.7. The van der Waals surface area contributed by atoms with Crippen molar-refractivity contribution in [2.24, 2.45) is 5.92 Å². The van der Waals surface area contributed by atoms with Gasteiger partial charge in [-0.25, -0.2) is 0 Å². The molecule has 328 valence electrons. The summed E-state index contributed by atoms with van der Waals surface area (Å²) in [4.78, 5) is 77.9. The largest absolute Gasteiger partial charge is 0.480 e. The van der Waals surface area contributed by atoms with E-state index in [1.54, 1.807) is 19.6 Å². The fraction of sp³-hybridized carbons (Fsp3) is 0.581. The molecule has 1 aliphatic heterocycles. The van der Waals surface area contributed by atoms with Gasteiger partial charge in [0.25, 0.3) is 0 Å². The highest BCUT2D eigenvalue weighted by Crippen LogP contribution is 2.18. The molecule has 0 aromatic heterocycles. The standard InChI is InChI=1S/C30H55N7O9.C13H12/c1-3-24(2)7-6-10-31-25(38)8-4-5-9-32-26(39)19-33-27(40)20-34-11-13-35(21-28(41)42)15-17-37(23-30(45)46)18-16-36(14-12-34)22-29(43)44;1-11-7-9-13(10-8-11)12-5-3-2-4-6-12/h24H,3-23H2,1-2H3,(H,31,38)(H,32,39)(H,33,40)(H,41,42)(H,43,44)(H,45,46);2-10H,1H3. The van der Waals surface area contributed by atoms with Crippen LogP contribution in [-0.4, -0.2) is 169 Å². The first-order valence-corrected chi connectivity index (χ1v) is 20.7. The monoisotopic (exact) mass is 826 g/mol. The average molecular weight is 826 g/mol. The van der Waals surface area contributed by atoms with Crippen LogP contribution in [0.4, 0.5) is 0 Å². The Kier molecular flexibility index (Phi) is 25.0. The van der Waals surface area contributed by atoms with E-state index in [2.05, 4.69) is 85.3 Å². The smallest absolute Gasteiger partial charge is 0.317 e. The van der Waals surface area contributed by atoms with Crippen LogP contribution >= 0.6 is 0 Å². The molecule has 1 unspecified atom stereocenters. The quantitative estimate of drug-likeness (QED) is 0.100. The number of carboxylic acid groups (broad SMARTS) is 3. The van der Waals surface area contributed by atoms with Crippen LogP contribution < -0.4 is 16.0 Å². The molecule has 59 heavy (non-hydrogen) atoms. The maximum atomic E-state index is 12.7. The number of rotatable bonds is 21. The van der Waals surface area contributed by atoms with Crippen molar-refractivity contribution in [2.45, 2.75) is 59.3 Å². The van der Waals surface area contributed by atoms with Gasteiger partial charge < -0.3 is 31.3 Å². The van der Waals surface area contributed by atoms with Crippen LogP contribution in [-0.2, 0) is 28.8 Å². The average Bonchev–Trinajstić information content (AvgIpc) is 3.19. The van der Waals surface area contributed by atoms with Crippen LogP contribution in [0, 0.1) is 12.8 Å². The molecule has 2 aromatic rings. The van der Waals surface area contributed by atoms with E-state index < -0.39 is 23.8 Å². The molecule has 0 bridgehead atoms. The zero-order valence-corrected chi connectivity index (χ0v) is 35.2. The van der Waals surface area contributed by atoms with Gasteiger partial charge in [0.2, 0.25) is 17.7 Å². The Hall–Kier alpha value is -4.90. The van der Waals surface area contributed by atoms with Crippen molar-refractivity contribution in [1.29, 1.82) is 0 Å². The van der Waals surface area contributed by atoms with E-state index in [4.69, 9.17) is 0 Å². The Balaban J connectivity index is 0.000000769. The lowest BCUT2D eigenvalue weighted by atomic mass is 10.0. The Bertz CT molecular complexity index is 1530. The molecule has 1 aliphatic rings. The van der Waals surface area contributed by atoms with Gasteiger partial charge in [-0.05, 0) is 49.7 Å². The van der Waals surface area contributed by atoms with Crippen LogP contribution in [0.15, 0.2) is 54.6 Å². The molecule has 1 heterocycles. The first-order valence-electron chi connectivity index (χ1n) is 20.7. The molecule has 0 saturated carbocycles. The summed E-state index contributed by atoms with van der Waals surface area (Å²) in [5, 5.41) is 36.2. The number of amides is 3. The van der Waals surface area contributed by atoms with Gasteiger partial charge in [0.05, 0.1) is 32.7 Å². The Morgan fingerprint density at radius 2 is 1.00 bits per heavy atom. The van der Waals surface area contributed by atoms with Crippen LogP contribution in [0.1, 0.15) is 57.9 Å². The van der Waals surface area contributed by atoms with E-state index in [1.165, 1.54) is 16.7 Å². The SMILES string of the molecule is CCC(C)CCCNC(=O)CCCCNC(=O)CNC(=O)CN1CCN(CC(=O)O)CCN(CC(=O)O)CCN(CC(=O)O)CC1.Cc1ccc(-c2ccccc2)cc1. The molecular weight excluding hydrogens is 759 g/mol. The van der Waals surface area contributed by atoms with Crippen molar-refractivity contribution in [2.75, 3.05) is 98.2 Å². The number of nitrogens with one attached hydrogen (secondary N) is 3. The molecule has 1 fully saturated rings. The number of aryl methyl sites for hydroxylation is 1. The predicted octanol–water partition coefficient (Wildman–Crippen LogP) is 2.47. The highest BCUT2D eigenvalue weighted by Gasteiger charge is 2.21. The summed E-state index contributed by atoms with van der Waals surface area (Å²) < 4.78 is 0. The lowest BCUT2D eigenvalue weighted by Crippen LogP contribution is -2.50. The van der Waals surface area contributed by atoms with E-state index >= 15 is 0 Å². The predicted molar refractivity (Wildman–Crippen MR) is 227 cm³/mol. The van der Waals surface area contributed by atoms with E-state index in [0.29, 0.717) is 51.4 Å². The molecule has 1 saturated heterocycles. The van der Waals surface area contributed by atoms with Crippen molar-refractivity contribution in [3.63, 3.8) is 0 Å². The van der Waals surface area contributed by atoms with Crippen molar-refractivity contribution >= 4 is 35.6 Å². The minimum Gasteiger partial charge on any atom is -0.480 e. The topological polar surface area (TPSA) is 212 Å². The maximum Gasteiger partial charge on any atom is 0.317 e. The molecule has 16 heteroatoms. The number of nitrogens with zero attached hydrogens (tertiary/aromatic N) is 4. The lowest BCUT2D eigenvalue weighted by molar-refractivity contribution is -0.140. The zero-order chi connectivity index (χ0) is 43.4. The number of aliphatic carboxylic acids is 3. The van der Waals surface area contributed by atoms with Gasteiger partial charge in [-0.3, -0.25) is 48.4 Å². The van der Waals surface area contributed by atoms with Crippen molar-refractivity contribution in [3.05, 3.63) is 60.2 Å². The summed E-state index contributed by atoms with van der Waals surface area (Å²) in [6.45, 7) is 8.75. The molecular formula is C43H67N7O9. The molecule has 3 amide bonds. The summed E-state index contributed by atoms with van der Waals surface area (Å²) in [6.07, 6.45) is 4.83. The number of carbonyl (C=O) groups excluding carboxylic acids is 3. The fourth-order valence-electron chi connectivity index (χ4n) is 6.27. The first-order chi connectivity index (χ1) is 28.2. The minimum atomic E-state index is -1.03. The van der Waals surface area contributed by atoms with E-state index in [1.807, 2.05) is 6.07 Å². The second-order valence-corrected chi connectivity index (χ2v) is 15.1. The van der Waals surface area contributed by atoms with E-state index in [9.17, 15) is 44.1 Å². The number of carboxylic acids is 3. The molecule has 2 aromatic carbocycles. The summed E-state index contributed by atoms with van der Waals surface area (Å²) in [5.74, 6) is -3.21. The Morgan fingerprint density at radius 3 is 1.47 bits per heavy atom. The van der Waals surface area contributed by atoms with Crippen molar-refractivity contribution in [1.82, 2.24) is 35.6 Å². The Morgan fingerprint density at radius 1 is 0.559 bits per heavy atom. The van der Waals surface area contributed by atoms with Crippen LogP contribution in [0.2, 0.25) is 0 Å². The fourth-order valence-corrected chi connectivity index (χ4v) is 6.27. The third-order valence-electron chi connectivity index (χ3n) is 10.0. The highest BCUT2D eigenvalue weighted by molar-refractivity contribution is 5.85. The summed E-state index contributed by atoms with van der Waals surface area (Å²) in [7, 11) is 0. The lowest BCUT2D eigenvalue weighted by Gasteiger charge is -2.32.